The molecule has 162 valence electrons. The van der Waals surface area contributed by atoms with Gasteiger partial charge in [0.2, 0.25) is 0 Å². The molecule has 0 saturated carbocycles. The second kappa shape index (κ2) is 8.30. The summed E-state index contributed by atoms with van der Waals surface area (Å²) in [5.41, 5.74) is 3.82. The van der Waals surface area contributed by atoms with E-state index in [9.17, 15) is 9.59 Å². The van der Waals surface area contributed by atoms with Crippen LogP contribution in [0.15, 0.2) is 42.1 Å². The molecule has 1 fully saturated rings. The fraction of sp³-hybridized carbons (Fsp3) is 0.333. The molecule has 2 aliphatic heterocycles. The topological polar surface area (TPSA) is 49.9 Å². The highest BCUT2D eigenvalue weighted by atomic mass is 35.5. The van der Waals surface area contributed by atoms with Crippen LogP contribution in [0, 0.1) is 13.8 Å². The number of rotatable bonds is 3. The Morgan fingerprint density at radius 1 is 0.968 bits per heavy atom. The minimum Gasteiger partial charge on any atom is -0.372 e. The van der Waals surface area contributed by atoms with Crippen molar-refractivity contribution in [2.75, 3.05) is 18.0 Å². The van der Waals surface area contributed by atoms with Gasteiger partial charge < -0.3 is 9.64 Å². The molecule has 2 aromatic carbocycles. The molecule has 0 bridgehead atoms. The van der Waals surface area contributed by atoms with Crippen LogP contribution in [0.3, 0.4) is 0 Å². The van der Waals surface area contributed by atoms with Crippen molar-refractivity contribution in [2.24, 2.45) is 0 Å². The van der Waals surface area contributed by atoms with Crippen molar-refractivity contribution in [3.63, 3.8) is 0 Å². The van der Waals surface area contributed by atoms with Crippen molar-refractivity contribution in [1.82, 2.24) is 4.90 Å². The van der Waals surface area contributed by atoms with E-state index >= 15 is 0 Å². The van der Waals surface area contributed by atoms with E-state index in [1.807, 2.05) is 50.8 Å². The van der Waals surface area contributed by atoms with Crippen LogP contribution in [0.25, 0.3) is 5.57 Å². The largest absolute Gasteiger partial charge is 0.372 e. The third kappa shape index (κ3) is 3.86. The van der Waals surface area contributed by atoms with Gasteiger partial charge in [0.1, 0.15) is 5.70 Å². The molecule has 2 atom stereocenters. The molecule has 2 aliphatic rings. The molecule has 31 heavy (non-hydrogen) atoms. The molecular weight excluding hydrogens is 435 g/mol. The number of carbonyl (C=O) groups is 2. The summed E-state index contributed by atoms with van der Waals surface area (Å²) in [6.45, 7) is 8.91. The van der Waals surface area contributed by atoms with Crippen molar-refractivity contribution in [1.29, 1.82) is 0 Å². The molecule has 1 saturated heterocycles. The number of halogens is 2. The lowest BCUT2D eigenvalue weighted by atomic mass is 9.97. The Balaban J connectivity index is 1.90. The van der Waals surface area contributed by atoms with Gasteiger partial charge in [-0.3, -0.25) is 9.59 Å². The van der Waals surface area contributed by atoms with Crippen LogP contribution in [0.4, 0.5) is 5.69 Å². The second-order valence-corrected chi connectivity index (χ2v) is 9.01. The molecule has 2 unspecified atom stereocenters. The van der Waals surface area contributed by atoms with E-state index in [0.29, 0.717) is 24.4 Å². The maximum absolute atomic E-state index is 13.7. The van der Waals surface area contributed by atoms with Crippen LogP contribution in [-0.4, -0.2) is 42.0 Å². The monoisotopic (exact) mass is 458 g/mol. The number of imide groups is 1. The van der Waals surface area contributed by atoms with E-state index in [0.717, 1.165) is 21.6 Å². The Labute approximate surface area is 192 Å². The van der Waals surface area contributed by atoms with Gasteiger partial charge in [0.15, 0.2) is 0 Å². The number of ether oxygens (including phenoxy) is 1. The molecule has 7 heteroatoms. The van der Waals surface area contributed by atoms with Gasteiger partial charge in [-0.1, -0.05) is 53.0 Å². The van der Waals surface area contributed by atoms with Gasteiger partial charge in [0.25, 0.3) is 11.8 Å². The number of anilines is 1. The Morgan fingerprint density at radius 3 is 2.29 bits per heavy atom. The summed E-state index contributed by atoms with van der Waals surface area (Å²) in [6, 6.07) is 10.8. The Morgan fingerprint density at radius 2 is 1.65 bits per heavy atom. The Bertz CT molecular complexity index is 1100. The van der Waals surface area contributed by atoms with E-state index in [1.165, 1.54) is 0 Å². The molecule has 0 aromatic heterocycles. The third-order valence-electron chi connectivity index (χ3n) is 5.62. The highest BCUT2D eigenvalue weighted by Crippen LogP contribution is 2.41. The quantitative estimate of drug-likeness (QED) is 0.606. The highest BCUT2D eigenvalue weighted by Gasteiger charge is 2.45. The molecule has 0 aliphatic carbocycles. The van der Waals surface area contributed by atoms with Crippen molar-refractivity contribution >= 4 is 46.3 Å². The summed E-state index contributed by atoms with van der Waals surface area (Å²) < 4.78 is 5.85. The van der Waals surface area contributed by atoms with Crippen LogP contribution in [-0.2, 0) is 14.3 Å². The van der Waals surface area contributed by atoms with Gasteiger partial charge in [-0.05, 0) is 51.0 Å². The van der Waals surface area contributed by atoms with Gasteiger partial charge in [-0.15, -0.1) is 0 Å². The molecule has 0 radical (unpaired) electrons. The zero-order valence-corrected chi connectivity index (χ0v) is 19.4. The summed E-state index contributed by atoms with van der Waals surface area (Å²) in [5, 5.41) is 0.464. The van der Waals surface area contributed by atoms with E-state index < -0.39 is 11.8 Å². The van der Waals surface area contributed by atoms with Crippen LogP contribution >= 0.6 is 23.2 Å². The van der Waals surface area contributed by atoms with E-state index in [-0.39, 0.29) is 27.9 Å². The molecule has 4 rings (SSSR count). The standard InChI is InChI=1S/C24H24Cl2N2O3/c1-13-8-9-17(14(2)10-13)20-22(27-11-15(3)31-16(4)12-27)24(30)28(23(20)29)19-7-5-6-18(25)21(19)26/h5-10,15-16H,11-12H2,1-4H3. The van der Waals surface area contributed by atoms with Gasteiger partial charge in [-0.2, -0.15) is 0 Å². The zero-order valence-electron chi connectivity index (χ0n) is 17.9. The van der Waals surface area contributed by atoms with Crippen molar-refractivity contribution in [3.05, 3.63) is 68.8 Å². The minimum absolute atomic E-state index is 0.0664. The number of aryl methyl sites for hydroxylation is 2. The summed E-state index contributed by atoms with van der Waals surface area (Å²) in [6.07, 6.45) is -0.133. The molecule has 2 amide bonds. The number of amides is 2. The lowest BCUT2D eigenvalue weighted by molar-refractivity contribution is -0.121. The van der Waals surface area contributed by atoms with Crippen LogP contribution < -0.4 is 4.90 Å². The molecule has 5 nitrogen and oxygen atoms in total. The second-order valence-electron chi connectivity index (χ2n) is 8.22. The first-order chi connectivity index (χ1) is 14.7. The molecule has 2 heterocycles. The number of morpholine rings is 1. The minimum atomic E-state index is -0.400. The lowest BCUT2D eigenvalue weighted by Gasteiger charge is -2.37. The number of hydrogen-bond acceptors (Lipinski definition) is 4. The number of nitrogens with zero attached hydrogens (tertiary/aromatic N) is 2. The first kappa shape index (κ1) is 21.9. The van der Waals surface area contributed by atoms with Crippen molar-refractivity contribution in [3.8, 4) is 0 Å². The molecule has 0 N–H and O–H groups in total. The van der Waals surface area contributed by atoms with Crippen LogP contribution in [0.5, 0.6) is 0 Å². The highest BCUT2D eigenvalue weighted by molar-refractivity contribution is 6.49. The predicted octanol–water partition coefficient (Wildman–Crippen LogP) is 5.00. The number of hydrogen-bond donors (Lipinski definition) is 0. The van der Waals surface area contributed by atoms with Crippen molar-refractivity contribution in [2.45, 2.75) is 39.9 Å². The smallest absolute Gasteiger partial charge is 0.282 e. The van der Waals surface area contributed by atoms with E-state index in [2.05, 4.69) is 0 Å². The summed E-state index contributed by atoms with van der Waals surface area (Å²) in [7, 11) is 0. The summed E-state index contributed by atoms with van der Waals surface area (Å²) >= 11 is 12.6. The fourth-order valence-electron chi connectivity index (χ4n) is 4.39. The number of benzene rings is 2. The zero-order chi connectivity index (χ0) is 22.4. The fourth-order valence-corrected chi connectivity index (χ4v) is 4.77. The Hall–Kier alpha value is -2.34. The lowest BCUT2D eigenvalue weighted by Crippen LogP contribution is -2.47. The van der Waals surface area contributed by atoms with Gasteiger partial charge in [-0.25, -0.2) is 4.90 Å². The van der Waals surface area contributed by atoms with Gasteiger partial charge in [0.05, 0.1) is 33.5 Å². The normalized spacial score (nSPS) is 22.0. The maximum atomic E-state index is 13.7. The number of carbonyl (C=O) groups excluding carboxylic acids is 2. The predicted molar refractivity (Wildman–Crippen MR) is 123 cm³/mol. The van der Waals surface area contributed by atoms with E-state index in [1.54, 1.807) is 18.2 Å². The maximum Gasteiger partial charge on any atom is 0.282 e. The average Bonchev–Trinajstić information content (AvgIpc) is 2.94. The van der Waals surface area contributed by atoms with Gasteiger partial charge >= 0.3 is 0 Å². The summed E-state index contributed by atoms with van der Waals surface area (Å²) in [5.74, 6) is -0.798. The van der Waals surface area contributed by atoms with Crippen molar-refractivity contribution < 1.29 is 14.3 Å². The SMILES string of the molecule is Cc1ccc(C2=C(N3CC(C)OC(C)C3)C(=O)N(c3cccc(Cl)c3Cl)C2=O)c(C)c1. The molecular formula is C24H24Cl2N2O3. The molecule has 2 aromatic rings. The molecule has 0 spiro atoms. The van der Waals surface area contributed by atoms with Gasteiger partial charge in [0, 0.05) is 13.1 Å². The van der Waals surface area contributed by atoms with Crippen LogP contribution in [0.2, 0.25) is 10.0 Å². The summed E-state index contributed by atoms with van der Waals surface area (Å²) in [4.78, 5) is 30.5. The Kier molecular flexibility index (Phi) is 5.86. The van der Waals surface area contributed by atoms with E-state index in [4.69, 9.17) is 27.9 Å². The third-order valence-corrected chi connectivity index (χ3v) is 6.43. The first-order valence-electron chi connectivity index (χ1n) is 10.2. The first-order valence-corrected chi connectivity index (χ1v) is 11.0. The van der Waals surface area contributed by atoms with Crippen LogP contribution in [0.1, 0.15) is 30.5 Å². The average molecular weight is 459 g/mol.